The predicted molar refractivity (Wildman–Crippen MR) is 124 cm³/mol. The molecular weight excluding hydrogens is 472 g/mol. The first-order chi connectivity index (χ1) is 15.9. The number of carbonyl (C=O) groups is 1. The number of thioether (sulfide) groups is 1. The van der Waals surface area contributed by atoms with Crippen molar-refractivity contribution < 1.29 is 23.0 Å². The van der Waals surface area contributed by atoms with Gasteiger partial charge in [-0.2, -0.15) is 0 Å². The van der Waals surface area contributed by atoms with Crippen LogP contribution >= 0.6 is 23.1 Å². The third-order valence-electron chi connectivity index (χ3n) is 4.57. The first kappa shape index (κ1) is 22.7. The van der Waals surface area contributed by atoms with Gasteiger partial charge in [0.2, 0.25) is 5.91 Å². The molecule has 0 aliphatic rings. The molecule has 0 saturated carbocycles. The molecule has 0 atom stereocenters. The van der Waals surface area contributed by atoms with Crippen LogP contribution in [-0.4, -0.2) is 35.4 Å². The molecule has 170 valence electrons. The first-order valence-electron chi connectivity index (χ1n) is 9.51. The molecule has 4 rings (SSSR count). The van der Waals surface area contributed by atoms with Crippen LogP contribution in [0, 0.1) is 11.6 Å². The van der Waals surface area contributed by atoms with Gasteiger partial charge in [-0.25, -0.2) is 13.8 Å². The maximum atomic E-state index is 13.9. The molecule has 0 aliphatic carbocycles. The number of nitrogens with one attached hydrogen (secondary N) is 1. The third kappa shape index (κ3) is 4.83. The molecule has 0 bridgehead atoms. The van der Waals surface area contributed by atoms with E-state index in [9.17, 15) is 18.4 Å². The van der Waals surface area contributed by atoms with Crippen LogP contribution in [0.5, 0.6) is 11.5 Å². The monoisotopic (exact) mass is 489 g/mol. The summed E-state index contributed by atoms with van der Waals surface area (Å²) in [7, 11) is 2.98. The molecule has 2 aromatic heterocycles. The van der Waals surface area contributed by atoms with Crippen LogP contribution in [0.3, 0.4) is 0 Å². The molecule has 33 heavy (non-hydrogen) atoms. The van der Waals surface area contributed by atoms with E-state index in [4.69, 9.17) is 9.47 Å². The zero-order valence-corrected chi connectivity index (χ0v) is 19.1. The fraction of sp³-hybridized carbons (Fsp3) is 0.136. The normalized spacial score (nSPS) is 10.9. The Bertz CT molecular complexity index is 1380. The van der Waals surface area contributed by atoms with Gasteiger partial charge in [0.15, 0.2) is 5.16 Å². The topological polar surface area (TPSA) is 82.5 Å². The maximum absolute atomic E-state index is 13.9. The summed E-state index contributed by atoms with van der Waals surface area (Å²) in [5.41, 5.74) is 0.360. The minimum absolute atomic E-state index is 0.0160. The Kier molecular flexibility index (Phi) is 6.61. The number of carbonyl (C=O) groups excluding carboxylic acids is 1. The lowest BCUT2D eigenvalue weighted by molar-refractivity contribution is -0.113. The number of ether oxygens (including phenoxy) is 2. The van der Waals surface area contributed by atoms with Crippen LogP contribution in [0.1, 0.15) is 0 Å². The van der Waals surface area contributed by atoms with Crippen molar-refractivity contribution in [3.8, 4) is 17.2 Å². The van der Waals surface area contributed by atoms with E-state index in [0.717, 1.165) is 28.5 Å². The van der Waals surface area contributed by atoms with Gasteiger partial charge in [-0.1, -0.05) is 11.8 Å². The summed E-state index contributed by atoms with van der Waals surface area (Å²) in [6.07, 6.45) is 0. The van der Waals surface area contributed by atoms with Crippen molar-refractivity contribution in [1.29, 1.82) is 0 Å². The van der Waals surface area contributed by atoms with Crippen molar-refractivity contribution in [2.45, 2.75) is 5.16 Å². The number of methoxy groups -OCH3 is 2. The highest BCUT2D eigenvalue weighted by molar-refractivity contribution is 7.99. The predicted octanol–water partition coefficient (Wildman–Crippen LogP) is 4.47. The van der Waals surface area contributed by atoms with E-state index in [1.54, 1.807) is 29.6 Å². The second kappa shape index (κ2) is 9.59. The van der Waals surface area contributed by atoms with Gasteiger partial charge in [0, 0.05) is 12.1 Å². The highest BCUT2D eigenvalue weighted by Gasteiger charge is 2.18. The molecule has 2 aromatic carbocycles. The number of amides is 1. The zero-order valence-electron chi connectivity index (χ0n) is 17.4. The number of hydrogen-bond donors (Lipinski definition) is 1. The molecule has 0 spiro atoms. The van der Waals surface area contributed by atoms with E-state index in [1.165, 1.54) is 25.6 Å². The number of nitrogens with zero attached hydrogens (tertiary/aromatic N) is 2. The van der Waals surface area contributed by atoms with E-state index < -0.39 is 23.1 Å². The molecule has 7 nitrogen and oxygen atoms in total. The highest BCUT2D eigenvalue weighted by atomic mass is 32.2. The van der Waals surface area contributed by atoms with Crippen molar-refractivity contribution in [3.05, 3.63) is 69.8 Å². The average molecular weight is 490 g/mol. The Hall–Kier alpha value is -3.44. The first-order valence-corrected chi connectivity index (χ1v) is 11.4. The largest absolute Gasteiger partial charge is 0.497 e. The molecule has 0 radical (unpaired) electrons. The number of fused-ring (bicyclic) bond motifs is 1. The summed E-state index contributed by atoms with van der Waals surface area (Å²) in [5, 5.41) is 4.56. The summed E-state index contributed by atoms with van der Waals surface area (Å²) in [6.45, 7) is 0. The summed E-state index contributed by atoms with van der Waals surface area (Å²) in [6, 6.07) is 9.43. The van der Waals surface area contributed by atoms with Crippen molar-refractivity contribution >= 4 is 44.9 Å². The van der Waals surface area contributed by atoms with Crippen LogP contribution in [0.15, 0.2) is 57.8 Å². The van der Waals surface area contributed by atoms with Crippen molar-refractivity contribution in [3.63, 3.8) is 0 Å². The molecule has 0 fully saturated rings. The van der Waals surface area contributed by atoms with E-state index in [0.29, 0.717) is 33.5 Å². The van der Waals surface area contributed by atoms with Crippen molar-refractivity contribution in [2.24, 2.45) is 0 Å². The molecule has 4 aromatic rings. The standard InChI is InChI=1S/C22H17F2N3O4S2/c1-30-15-3-4-18(31-2)17(10-15)25-19(28)11-33-22-26-16-5-6-32-20(16)21(29)27(22)14-8-12(23)7-13(24)9-14/h3-10H,11H2,1-2H3,(H,25,28). The van der Waals surface area contributed by atoms with Gasteiger partial charge in [0.05, 0.1) is 36.9 Å². The van der Waals surface area contributed by atoms with E-state index in [2.05, 4.69) is 10.3 Å². The van der Waals surface area contributed by atoms with E-state index in [-0.39, 0.29) is 16.6 Å². The number of benzene rings is 2. The number of halogens is 2. The Balaban J connectivity index is 1.65. The molecule has 11 heteroatoms. The maximum Gasteiger partial charge on any atom is 0.276 e. The summed E-state index contributed by atoms with van der Waals surface area (Å²) in [5.74, 6) is -1.21. The lowest BCUT2D eigenvalue weighted by atomic mass is 10.2. The van der Waals surface area contributed by atoms with Crippen LogP contribution in [0.4, 0.5) is 14.5 Å². The molecule has 1 N–H and O–H groups in total. The van der Waals surface area contributed by atoms with Gasteiger partial charge in [-0.05, 0) is 35.7 Å². The Morgan fingerprint density at radius 1 is 1.12 bits per heavy atom. The van der Waals surface area contributed by atoms with Crippen LogP contribution in [0.2, 0.25) is 0 Å². The lowest BCUT2D eigenvalue weighted by Gasteiger charge is -2.13. The SMILES string of the molecule is COc1ccc(OC)c(NC(=O)CSc2nc3ccsc3c(=O)n2-c2cc(F)cc(F)c2)c1. The van der Waals surface area contributed by atoms with Crippen LogP contribution in [0.25, 0.3) is 15.9 Å². The fourth-order valence-corrected chi connectivity index (χ4v) is 4.69. The van der Waals surface area contributed by atoms with E-state index >= 15 is 0 Å². The molecule has 1 amide bonds. The smallest absolute Gasteiger partial charge is 0.276 e. The number of aromatic nitrogens is 2. The van der Waals surface area contributed by atoms with E-state index in [1.807, 2.05) is 0 Å². The molecular formula is C22H17F2N3O4S2. The highest BCUT2D eigenvalue weighted by Crippen LogP contribution is 2.30. The Morgan fingerprint density at radius 2 is 1.88 bits per heavy atom. The van der Waals surface area contributed by atoms with Gasteiger partial charge >= 0.3 is 0 Å². The second-order valence-corrected chi connectivity index (χ2v) is 8.56. The molecule has 0 saturated heterocycles. The summed E-state index contributed by atoms with van der Waals surface area (Å²) in [4.78, 5) is 30.2. The number of hydrogen-bond acceptors (Lipinski definition) is 7. The minimum atomic E-state index is -0.831. The summed E-state index contributed by atoms with van der Waals surface area (Å²) >= 11 is 2.14. The number of rotatable bonds is 7. The lowest BCUT2D eigenvalue weighted by Crippen LogP contribution is -2.22. The van der Waals surface area contributed by atoms with Gasteiger partial charge < -0.3 is 14.8 Å². The van der Waals surface area contributed by atoms with Crippen molar-refractivity contribution in [2.75, 3.05) is 25.3 Å². The van der Waals surface area contributed by atoms with Crippen molar-refractivity contribution in [1.82, 2.24) is 9.55 Å². The quantitative estimate of drug-likeness (QED) is 0.305. The van der Waals surface area contributed by atoms with Gasteiger partial charge in [0.25, 0.3) is 5.56 Å². The Labute approximate surface area is 195 Å². The van der Waals surface area contributed by atoms with Crippen LogP contribution < -0.4 is 20.3 Å². The average Bonchev–Trinajstić information content (AvgIpc) is 3.26. The summed E-state index contributed by atoms with van der Waals surface area (Å²) < 4.78 is 39.6. The van der Waals surface area contributed by atoms with Gasteiger partial charge in [-0.3, -0.25) is 14.2 Å². The zero-order chi connectivity index (χ0) is 23.5. The minimum Gasteiger partial charge on any atom is -0.497 e. The van der Waals surface area contributed by atoms with Gasteiger partial charge in [-0.15, -0.1) is 11.3 Å². The number of thiophene rings is 1. The molecule has 0 aliphatic heterocycles. The van der Waals surface area contributed by atoms with Crippen LogP contribution in [-0.2, 0) is 4.79 Å². The Morgan fingerprint density at radius 3 is 2.58 bits per heavy atom. The molecule has 2 heterocycles. The number of anilines is 1. The second-order valence-electron chi connectivity index (χ2n) is 6.70. The van der Waals surface area contributed by atoms with Gasteiger partial charge in [0.1, 0.15) is 27.8 Å². The fourth-order valence-electron chi connectivity index (χ4n) is 3.11. The molecule has 0 unspecified atom stereocenters. The third-order valence-corrected chi connectivity index (χ3v) is 6.40.